The van der Waals surface area contributed by atoms with E-state index < -0.39 is 0 Å². The van der Waals surface area contributed by atoms with Crippen LogP contribution in [0, 0.1) is 6.92 Å². The second-order valence-corrected chi connectivity index (χ2v) is 6.34. The number of likely N-dealkylation sites (N-methyl/N-ethyl adjacent to an activating group) is 1. The number of carbonyl (C=O) groups excluding carboxylic acids is 2. The maximum Gasteiger partial charge on any atom is 0.291 e. The van der Waals surface area contributed by atoms with Crippen molar-refractivity contribution in [3.8, 4) is 0 Å². The van der Waals surface area contributed by atoms with Gasteiger partial charge in [0.1, 0.15) is 0 Å². The highest BCUT2D eigenvalue weighted by atomic mass is 16.3. The number of hydrogen-bond donors (Lipinski definition) is 3. The Morgan fingerprint density at radius 3 is 2.66 bits per heavy atom. The standard InChI is InChI=1S/C21H27N5O3/c1-4-6-7-22-13-18(17-10-15(3)25-19(17)14-28)16-11-23-20(24-12-16)21(29)26(5-2)8-9-27/h4,6,10-14,22,25,27H,5,7-9H2,1-3H3/b6-4+,18-13-. The van der Waals surface area contributed by atoms with Crippen molar-refractivity contribution in [3.05, 3.63) is 65.2 Å². The molecule has 0 aliphatic rings. The van der Waals surface area contributed by atoms with E-state index in [1.165, 1.54) is 4.90 Å². The molecule has 3 N–H and O–H groups in total. The number of aliphatic hydroxyl groups is 1. The third kappa shape index (κ3) is 5.61. The molecule has 0 bridgehead atoms. The van der Waals surface area contributed by atoms with Gasteiger partial charge in [-0.2, -0.15) is 0 Å². The second kappa shape index (κ2) is 10.9. The van der Waals surface area contributed by atoms with Gasteiger partial charge in [-0.25, -0.2) is 9.97 Å². The molecule has 8 nitrogen and oxygen atoms in total. The molecule has 154 valence electrons. The highest BCUT2D eigenvalue weighted by Gasteiger charge is 2.18. The van der Waals surface area contributed by atoms with Gasteiger partial charge >= 0.3 is 0 Å². The van der Waals surface area contributed by atoms with Gasteiger partial charge in [-0.05, 0) is 26.8 Å². The number of amides is 1. The zero-order valence-corrected chi connectivity index (χ0v) is 17.0. The molecule has 0 spiro atoms. The van der Waals surface area contributed by atoms with Gasteiger partial charge in [-0.3, -0.25) is 9.59 Å². The SMILES string of the molecule is C/C=C/CN/C=C(/c1cnc(C(=O)N(CC)CCO)nc1)c1cc(C)[nH]c1C=O. The fraction of sp³-hybridized carbons (Fsp3) is 0.333. The third-order valence-electron chi connectivity index (χ3n) is 4.30. The highest BCUT2D eigenvalue weighted by Crippen LogP contribution is 2.25. The Balaban J connectivity index is 2.38. The molecule has 8 heteroatoms. The third-order valence-corrected chi connectivity index (χ3v) is 4.30. The smallest absolute Gasteiger partial charge is 0.291 e. The summed E-state index contributed by atoms with van der Waals surface area (Å²) in [6, 6.07) is 1.88. The zero-order valence-electron chi connectivity index (χ0n) is 17.0. The molecule has 1 amide bonds. The van der Waals surface area contributed by atoms with Gasteiger partial charge < -0.3 is 20.3 Å². The number of aliphatic hydroxyl groups excluding tert-OH is 1. The molecule has 0 atom stereocenters. The van der Waals surface area contributed by atoms with Crippen LogP contribution < -0.4 is 5.32 Å². The summed E-state index contributed by atoms with van der Waals surface area (Å²) >= 11 is 0. The van der Waals surface area contributed by atoms with Crippen molar-refractivity contribution in [2.24, 2.45) is 0 Å². The lowest BCUT2D eigenvalue weighted by molar-refractivity contribution is 0.0719. The molecule has 2 aromatic heterocycles. The minimum atomic E-state index is -0.337. The van der Waals surface area contributed by atoms with Crippen molar-refractivity contribution in [1.82, 2.24) is 25.2 Å². The Morgan fingerprint density at radius 2 is 2.07 bits per heavy atom. The van der Waals surface area contributed by atoms with E-state index in [4.69, 9.17) is 5.11 Å². The molecule has 2 aromatic rings. The van der Waals surface area contributed by atoms with Crippen molar-refractivity contribution >= 4 is 17.8 Å². The first kappa shape index (κ1) is 22.0. The van der Waals surface area contributed by atoms with Crippen LogP contribution in [0.5, 0.6) is 0 Å². The van der Waals surface area contributed by atoms with Crippen LogP contribution >= 0.6 is 0 Å². The van der Waals surface area contributed by atoms with Crippen molar-refractivity contribution in [3.63, 3.8) is 0 Å². The van der Waals surface area contributed by atoms with E-state index in [1.807, 2.05) is 39.0 Å². The second-order valence-electron chi connectivity index (χ2n) is 6.34. The number of aryl methyl sites for hydroxylation is 1. The number of nitrogens with zero attached hydrogens (tertiary/aromatic N) is 3. The van der Waals surface area contributed by atoms with Crippen LogP contribution in [-0.2, 0) is 0 Å². The Hall–Kier alpha value is -3.26. The van der Waals surface area contributed by atoms with Crippen molar-refractivity contribution in [1.29, 1.82) is 0 Å². The van der Waals surface area contributed by atoms with Crippen LogP contribution in [0.2, 0.25) is 0 Å². The summed E-state index contributed by atoms with van der Waals surface area (Å²) in [4.78, 5) is 36.9. The number of rotatable bonds is 10. The van der Waals surface area contributed by atoms with E-state index in [2.05, 4.69) is 20.3 Å². The fourth-order valence-corrected chi connectivity index (χ4v) is 2.83. The lowest BCUT2D eigenvalue weighted by Crippen LogP contribution is -2.34. The molecular formula is C21H27N5O3. The van der Waals surface area contributed by atoms with E-state index in [0.717, 1.165) is 23.1 Å². The van der Waals surface area contributed by atoms with Gasteiger partial charge in [0.15, 0.2) is 6.29 Å². The quantitative estimate of drug-likeness (QED) is 0.321. The molecule has 2 rings (SSSR count). The van der Waals surface area contributed by atoms with Crippen LogP contribution in [0.3, 0.4) is 0 Å². The van der Waals surface area contributed by atoms with Crippen LogP contribution in [0.4, 0.5) is 0 Å². The van der Waals surface area contributed by atoms with Gasteiger partial charge in [0.25, 0.3) is 5.91 Å². The molecule has 0 aliphatic heterocycles. The number of aldehydes is 1. The van der Waals surface area contributed by atoms with Crippen LogP contribution in [0.15, 0.2) is 36.8 Å². The van der Waals surface area contributed by atoms with Crippen molar-refractivity contribution in [2.75, 3.05) is 26.2 Å². The van der Waals surface area contributed by atoms with Gasteiger partial charge in [0, 0.05) is 60.6 Å². The number of carbonyl (C=O) groups is 2. The Labute approximate surface area is 170 Å². The molecule has 0 aliphatic carbocycles. The number of hydrogen-bond acceptors (Lipinski definition) is 6. The molecule has 0 saturated carbocycles. The summed E-state index contributed by atoms with van der Waals surface area (Å²) in [7, 11) is 0. The lowest BCUT2D eigenvalue weighted by Gasteiger charge is -2.18. The van der Waals surface area contributed by atoms with Gasteiger partial charge in [-0.15, -0.1) is 0 Å². The predicted octanol–water partition coefficient (Wildman–Crippen LogP) is 1.93. The fourth-order valence-electron chi connectivity index (χ4n) is 2.83. The van der Waals surface area contributed by atoms with E-state index >= 15 is 0 Å². The van der Waals surface area contributed by atoms with Gasteiger partial charge in [0.2, 0.25) is 5.82 Å². The summed E-state index contributed by atoms with van der Waals surface area (Å²) in [5, 5.41) is 12.3. The molecule has 0 radical (unpaired) electrons. The summed E-state index contributed by atoms with van der Waals surface area (Å²) in [6.07, 6.45) is 9.61. The minimum absolute atomic E-state index is 0.0612. The number of allylic oxidation sites excluding steroid dienone is 1. The summed E-state index contributed by atoms with van der Waals surface area (Å²) in [5.74, 6) is -0.276. The monoisotopic (exact) mass is 397 g/mol. The minimum Gasteiger partial charge on any atom is -0.395 e. The van der Waals surface area contributed by atoms with Crippen molar-refractivity contribution < 1.29 is 14.7 Å². The highest BCUT2D eigenvalue weighted by molar-refractivity contribution is 5.92. The Kier molecular flexibility index (Phi) is 8.29. The lowest BCUT2D eigenvalue weighted by atomic mass is 10.0. The first-order chi connectivity index (χ1) is 14.0. The maximum atomic E-state index is 12.5. The maximum absolute atomic E-state index is 12.5. The number of aromatic nitrogens is 3. The molecule has 29 heavy (non-hydrogen) atoms. The van der Waals surface area contributed by atoms with E-state index in [-0.39, 0.29) is 24.9 Å². The van der Waals surface area contributed by atoms with Crippen LogP contribution in [0.1, 0.15) is 51.8 Å². The van der Waals surface area contributed by atoms with Crippen LogP contribution in [-0.4, -0.2) is 63.4 Å². The first-order valence-electron chi connectivity index (χ1n) is 9.48. The van der Waals surface area contributed by atoms with Crippen LogP contribution in [0.25, 0.3) is 5.57 Å². The normalized spacial score (nSPS) is 11.7. The molecule has 0 fully saturated rings. The summed E-state index contributed by atoms with van der Waals surface area (Å²) in [6.45, 7) is 6.83. The average Bonchev–Trinajstić information content (AvgIpc) is 3.12. The number of aromatic amines is 1. The molecule has 0 unspecified atom stereocenters. The molecular weight excluding hydrogens is 370 g/mol. The molecule has 2 heterocycles. The van der Waals surface area contributed by atoms with E-state index in [9.17, 15) is 9.59 Å². The average molecular weight is 397 g/mol. The van der Waals surface area contributed by atoms with E-state index in [0.29, 0.717) is 24.3 Å². The Bertz CT molecular complexity index is 884. The molecule has 0 saturated heterocycles. The summed E-state index contributed by atoms with van der Waals surface area (Å²) in [5.41, 5.74) is 3.45. The topological polar surface area (TPSA) is 111 Å². The van der Waals surface area contributed by atoms with Gasteiger partial charge in [0.05, 0.1) is 12.3 Å². The van der Waals surface area contributed by atoms with Crippen molar-refractivity contribution in [2.45, 2.75) is 20.8 Å². The Morgan fingerprint density at radius 1 is 1.34 bits per heavy atom. The van der Waals surface area contributed by atoms with Gasteiger partial charge in [-0.1, -0.05) is 12.2 Å². The summed E-state index contributed by atoms with van der Waals surface area (Å²) < 4.78 is 0. The zero-order chi connectivity index (χ0) is 21.2. The molecule has 0 aromatic carbocycles. The predicted molar refractivity (Wildman–Crippen MR) is 112 cm³/mol. The van der Waals surface area contributed by atoms with E-state index in [1.54, 1.807) is 18.6 Å². The number of H-pyrrole nitrogens is 1. The largest absolute Gasteiger partial charge is 0.395 e. The number of nitrogens with one attached hydrogen (secondary N) is 2. The first-order valence-corrected chi connectivity index (χ1v) is 9.48.